The first-order valence-corrected chi connectivity index (χ1v) is 10.2. The molecule has 33 heavy (non-hydrogen) atoms. The predicted molar refractivity (Wildman–Crippen MR) is 114 cm³/mol. The Morgan fingerprint density at radius 2 is 1.79 bits per heavy atom. The van der Waals surface area contributed by atoms with Gasteiger partial charge in [-0.3, -0.25) is 9.59 Å². The molecule has 8 nitrogen and oxygen atoms in total. The van der Waals surface area contributed by atoms with Crippen LogP contribution < -0.4 is 10.5 Å². The molecule has 12 heteroatoms. The summed E-state index contributed by atoms with van der Waals surface area (Å²) in [6, 6.07) is 7.92. The highest BCUT2D eigenvalue weighted by Crippen LogP contribution is 2.29. The largest absolute Gasteiger partial charge is 0.508 e. The van der Waals surface area contributed by atoms with E-state index in [2.05, 4.69) is 10.1 Å². The minimum atomic E-state index is -4.55. The Morgan fingerprint density at radius 1 is 1.06 bits per heavy atom. The van der Waals surface area contributed by atoms with Gasteiger partial charge in [-0.1, -0.05) is 17.7 Å². The first-order chi connectivity index (χ1) is 15.6. The minimum Gasteiger partial charge on any atom is -0.508 e. The number of hydrogen-bond donors (Lipinski definition) is 1. The Kier molecular flexibility index (Phi) is 5.98. The second-order valence-corrected chi connectivity index (χ2v) is 7.67. The van der Waals surface area contributed by atoms with Gasteiger partial charge >= 0.3 is 6.18 Å². The number of aromatic nitrogens is 3. The number of benzene rings is 1. The van der Waals surface area contributed by atoms with Crippen molar-refractivity contribution in [1.29, 1.82) is 0 Å². The fourth-order valence-corrected chi connectivity index (χ4v) is 3.71. The van der Waals surface area contributed by atoms with Crippen molar-refractivity contribution in [2.45, 2.75) is 6.18 Å². The maximum absolute atomic E-state index is 12.7. The molecule has 172 valence electrons. The standard InChI is InChI=1S/C21H17ClF3N5O3/c22-18-16(12-27-30(20(18)33)17-5-4-14(11-26-17)21(23,24)25)28-6-8-29(9-7-28)19(32)13-2-1-3-15(31)10-13/h1-5,10-12,31H,6-9H2. The fourth-order valence-electron chi connectivity index (χ4n) is 3.46. The number of piperazine rings is 1. The van der Waals surface area contributed by atoms with Crippen LogP contribution in [0, 0.1) is 0 Å². The number of rotatable bonds is 3. The van der Waals surface area contributed by atoms with E-state index in [-0.39, 0.29) is 22.5 Å². The molecule has 0 atom stereocenters. The highest BCUT2D eigenvalue weighted by atomic mass is 35.5. The zero-order chi connectivity index (χ0) is 23.8. The quantitative estimate of drug-likeness (QED) is 0.621. The van der Waals surface area contributed by atoms with Gasteiger partial charge in [0.1, 0.15) is 10.8 Å². The molecular weight excluding hydrogens is 463 g/mol. The van der Waals surface area contributed by atoms with Gasteiger partial charge in [0.15, 0.2) is 5.82 Å². The van der Waals surface area contributed by atoms with Crippen LogP contribution in [0.4, 0.5) is 18.9 Å². The van der Waals surface area contributed by atoms with E-state index in [0.29, 0.717) is 43.6 Å². The molecule has 3 aromatic rings. The monoisotopic (exact) mass is 479 g/mol. The molecule has 3 heterocycles. The lowest BCUT2D eigenvalue weighted by Gasteiger charge is -2.36. The van der Waals surface area contributed by atoms with E-state index in [9.17, 15) is 27.9 Å². The SMILES string of the molecule is O=C(c1cccc(O)c1)N1CCN(c2cnn(-c3ccc(C(F)(F)F)cn3)c(=O)c2Cl)CC1. The summed E-state index contributed by atoms with van der Waals surface area (Å²) in [6.07, 6.45) is -2.58. The molecule has 1 aliphatic rings. The number of carbonyl (C=O) groups excluding carboxylic acids is 1. The number of nitrogens with zero attached hydrogens (tertiary/aromatic N) is 5. The van der Waals surface area contributed by atoms with Crippen molar-refractivity contribution in [3.63, 3.8) is 0 Å². The lowest BCUT2D eigenvalue weighted by Crippen LogP contribution is -2.49. The first-order valence-electron chi connectivity index (χ1n) is 9.80. The zero-order valence-corrected chi connectivity index (χ0v) is 17.7. The number of aromatic hydroxyl groups is 1. The molecule has 1 aliphatic heterocycles. The Labute approximate surface area is 190 Å². The van der Waals surface area contributed by atoms with Gasteiger partial charge in [-0.05, 0) is 30.3 Å². The Morgan fingerprint density at radius 3 is 2.39 bits per heavy atom. The van der Waals surface area contributed by atoms with Crippen LogP contribution in [-0.2, 0) is 6.18 Å². The van der Waals surface area contributed by atoms with E-state index in [0.717, 1.165) is 16.8 Å². The smallest absolute Gasteiger partial charge is 0.417 e. The fraction of sp³-hybridized carbons (Fsp3) is 0.238. The lowest BCUT2D eigenvalue weighted by atomic mass is 10.1. The average Bonchev–Trinajstić information content (AvgIpc) is 2.80. The summed E-state index contributed by atoms with van der Waals surface area (Å²) in [7, 11) is 0. The van der Waals surface area contributed by atoms with Gasteiger partial charge in [-0.25, -0.2) is 4.98 Å². The van der Waals surface area contributed by atoms with E-state index in [1.807, 2.05) is 0 Å². The number of anilines is 1. The molecule has 1 N–H and O–H groups in total. The van der Waals surface area contributed by atoms with Crippen LogP contribution in [0.2, 0.25) is 5.02 Å². The van der Waals surface area contributed by atoms with Gasteiger partial charge < -0.3 is 14.9 Å². The summed E-state index contributed by atoms with van der Waals surface area (Å²) in [5, 5.41) is 13.4. The summed E-state index contributed by atoms with van der Waals surface area (Å²) in [5.74, 6) is -0.318. The normalized spacial score (nSPS) is 14.4. The summed E-state index contributed by atoms with van der Waals surface area (Å²) in [6.45, 7) is 1.48. The third kappa shape index (κ3) is 4.63. The number of pyridine rings is 1. The molecule has 0 saturated carbocycles. The van der Waals surface area contributed by atoms with Crippen molar-refractivity contribution < 1.29 is 23.1 Å². The van der Waals surface area contributed by atoms with Gasteiger partial charge in [0.25, 0.3) is 11.5 Å². The number of amides is 1. The van der Waals surface area contributed by atoms with Crippen LogP contribution in [0.1, 0.15) is 15.9 Å². The van der Waals surface area contributed by atoms with Crippen LogP contribution >= 0.6 is 11.6 Å². The number of phenols is 1. The number of hydrogen-bond acceptors (Lipinski definition) is 6. The molecule has 0 radical (unpaired) electrons. The van der Waals surface area contributed by atoms with Crippen molar-refractivity contribution >= 4 is 23.2 Å². The van der Waals surface area contributed by atoms with Gasteiger partial charge in [0, 0.05) is 37.9 Å². The first kappa shape index (κ1) is 22.6. The average molecular weight is 480 g/mol. The van der Waals surface area contributed by atoms with E-state index < -0.39 is 17.3 Å². The van der Waals surface area contributed by atoms with E-state index >= 15 is 0 Å². The second kappa shape index (κ2) is 8.74. The maximum atomic E-state index is 12.7. The van der Waals surface area contributed by atoms with Crippen LogP contribution in [-0.4, -0.2) is 56.9 Å². The third-order valence-corrected chi connectivity index (χ3v) is 5.55. The molecule has 1 fully saturated rings. The summed E-state index contributed by atoms with van der Waals surface area (Å²) < 4.78 is 39.0. The molecule has 0 unspecified atom stereocenters. The number of phenolic OH excluding ortho intramolecular Hbond substituents is 1. The number of halogens is 4. The molecule has 4 rings (SSSR count). The third-order valence-electron chi connectivity index (χ3n) is 5.19. The Hall–Kier alpha value is -3.60. The molecule has 0 aliphatic carbocycles. The van der Waals surface area contributed by atoms with Crippen molar-refractivity contribution in [2.75, 3.05) is 31.1 Å². The minimum absolute atomic E-state index is 0.000410. The van der Waals surface area contributed by atoms with Crippen LogP contribution in [0.15, 0.2) is 53.6 Å². The van der Waals surface area contributed by atoms with E-state index in [1.165, 1.54) is 18.3 Å². The highest BCUT2D eigenvalue weighted by Gasteiger charge is 2.31. The summed E-state index contributed by atoms with van der Waals surface area (Å²) in [4.78, 5) is 32.4. The lowest BCUT2D eigenvalue weighted by molar-refractivity contribution is -0.137. The molecule has 0 spiro atoms. The molecule has 1 aromatic carbocycles. The summed E-state index contributed by atoms with van der Waals surface area (Å²) in [5.41, 5.74) is -0.941. The Balaban J connectivity index is 1.49. The predicted octanol–water partition coefficient (Wildman–Crippen LogP) is 2.97. The van der Waals surface area contributed by atoms with Crippen molar-refractivity contribution in [3.8, 4) is 11.6 Å². The van der Waals surface area contributed by atoms with E-state index in [4.69, 9.17) is 11.6 Å². The molecule has 0 bridgehead atoms. The molecule has 1 amide bonds. The van der Waals surface area contributed by atoms with Crippen LogP contribution in [0.5, 0.6) is 5.75 Å². The summed E-state index contributed by atoms with van der Waals surface area (Å²) >= 11 is 6.27. The molecular formula is C21H17ClF3N5O3. The number of carbonyl (C=O) groups is 1. The van der Waals surface area contributed by atoms with Crippen molar-refractivity contribution in [2.24, 2.45) is 0 Å². The Bertz CT molecular complexity index is 1240. The van der Waals surface area contributed by atoms with Crippen LogP contribution in [0.3, 0.4) is 0 Å². The topological polar surface area (TPSA) is 91.6 Å². The van der Waals surface area contributed by atoms with Gasteiger partial charge in [-0.15, -0.1) is 0 Å². The zero-order valence-electron chi connectivity index (χ0n) is 17.0. The van der Waals surface area contributed by atoms with Gasteiger partial charge in [-0.2, -0.15) is 23.0 Å². The number of alkyl halides is 3. The van der Waals surface area contributed by atoms with Gasteiger partial charge in [0.05, 0.1) is 17.4 Å². The van der Waals surface area contributed by atoms with E-state index in [1.54, 1.807) is 21.9 Å². The van der Waals surface area contributed by atoms with Crippen LogP contribution in [0.25, 0.3) is 5.82 Å². The van der Waals surface area contributed by atoms with Crippen molar-refractivity contribution in [1.82, 2.24) is 19.7 Å². The second-order valence-electron chi connectivity index (χ2n) is 7.29. The highest BCUT2D eigenvalue weighted by molar-refractivity contribution is 6.33. The molecule has 1 saturated heterocycles. The van der Waals surface area contributed by atoms with Crippen molar-refractivity contribution in [3.05, 3.63) is 75.3 Å². The maximum Gasteiger partial charge on any atom is 0.417 e. The molecule has 2 aromatic heterocycles. The van der Waals surface area contributed by atoms with Gasteiger partial charge in [0.2, 0.25) is 0 Å².